The molecule has 4 rings (SSSR count). The molecule has 0 unspecified atom stereocenters. The second-order valence-corrected chi connectivity index (χ2v) is 7.98. The number of fused-ring (bicyclic) bond motifs is 1. The van der Waals surface area contributed by atoms with E-state index in [1.807, 2.05) is 41.1 Å². The van der Waals surface area contributed by atoms with Gasteiger partial charge in [-0.2, -0.15) is 0 Å². The number of pyridine rings is 1. The maximum absolute atomic E-state index is 12.8. The van der Waals surface area contributed by atoms with Gasteiger partial charge in [-0.05, 0) is 36.4 Å². The standard InChI is InChI=1S/C21H19N3O4S/c1-27-19-10-9-17(13-20(19)28-2)29(25,26)23-16-7-5-6-15(12-16)18-14-24-11-4-3-8-21(24)22-18/h3-14,23H,1-2H3. The number of nitrogens with zero attached hydrogens (tertiary/aromatic N) is 2. The van der Waals surface area contributed by atoms with Crippen molar-refractivity contribution in [3.05, 3.63) is 73.1 Å². The van der Waals surface area contributed by atoms with Crippen LogP contribution >= 0.6 is 0 Å². The summed E-state index contributed by atoms with van der Waals surface area (Å²) in [6.45, 7) is 0. The highest BCUT2D eigenvalue weighted by molar-refractivity contribution is 7.92. The van der Waals surface area contributed by atoms with Crippen molar-refractivity contribution < 1.29 is 17.9 Å². The van der Waals surface area contributed by atoms with Crippen molar-refractivity contribution in [1.82, 2.24) is 9.38 Å². The van der Waals surface area contributed by atoms with Gasteiger partial charge in [0.15, 0.2) is 11.5 Å². The Labute approximate surface area is 168 Å². The summed E-state index contributed by atoms with van der Waals surface area (Å²) in [4.78, 5) is 4.65. The molecule has 29 heavy (non-hydrogen) atoms. The number of hydrogen-bond acceptors (Lipinski definition) is 5. The maximum Gasteiger partial charge on any atom is 0.262 e. The molecule has 2 aromatic heterocycles. The van der Waals surface area contributed by atoms with Crippen molar-refractivity contribution >= 4 is 21.4 Å². The van der Waals surface area contributed by atoms with E-state index in [2.05, 4.69) is 9.71 Å². The SMILES string of the molecule is COc1ccc(S(=O)(=O)Nc2cccc(-c3cn4ccccc4n3)c2)cc1OC. The monoisotopic (exact) mass is 409 g/mol. The van der Waals surface area contributed by atoms with Crippen LogP contribution in [0.3, 0.4) is 0 Å². The minimum atomic E-state index is -3.81. The van der Waals surface area contributed by atoms with Gasteiger partial charge in [0.25, 0.3) is 10.0 Å². The van der Waals surface area contributed by atoms with Gasteiger partial charge < -0.3 is 13.9 Å². The fraction of sp³-hybridized carbons (Fsp3) is 0.0952. The Bertz CT molecular complexity index is 1250. The Morgan fingerprint density at radius 3 is 2.52 bits per heavy atom. The number of anilines is 1. The molecule has 8 heteroatoms. The number of imidazole rings is 1. The molecular formula is C21H19N3O4S. The number of sulfonamides is 1. The van der Waals surface area contributed by atoms with Crippen LogP contribution in [0.25, 0.3) is 16.9 Å². The highest BCUT2D eigenvalue weighted by Crippen LogP contribution is 2.30. The molecule has 0 saturated heterocycles. The first kappa shape index (κ1) is 18.8. The van der Waals surface area contributed by atoms with E-state index in [0.29, 0.717) is 17.2 Å². The van der Waals surface area contributed by atoms with Gasteiger partial charge in [0, 0.05) is 29.7 Å². The van der Waals surface area contributed by atoms with E-state index in [9.17, 15) is 8.42 Å². The summed E-state index contributed by atoms with van der Waals surface area (Å²) in [5.41, 5.74) is 2.82. The van der Waals surface area contributed by atoms with Gasteiger partial charge in [0.2, 0.25) is 0 Å². The van der Waals surface area contributed by atoms with Gasteiger partial charge in [-0.25, -0.2) is 13.4 Å². The van der Waals surface area contributed by atoms with E-state index in [0.717, 1.165) is 16.9 Å². The summed E-state index contributed by atoms with van der Waals surface area (Å²) >= 11 is 0. The summed E-state index contributed by atoms with van der Waals surface area (Å²) in [6, 6.07) is 17.3. The van der Waals surface area contributed by atoms with E-state index in [-0.39, 0.29) is 4.90 Å². The van der Waals surface area contributed by atoms with Crippen molar-refractivity contribution in [3.63, 3.8) is 0 Å². The largest absolute Gasteiger partial charge is 0.493 e. The van der Waals surface area contributed by atoms with E-state index in [1.165, 1.54) is 26.4 Å². The zero-order valence-electron chi connectivity index (χ0n) is 15.9. The number of benzene rings is 2. The van der Waals surface area contributed by atoms with Crippen molar-refractivity contribution in [2.24, 2.45) is 0 Å². The summed E-state index contributed by atoms with van der Waals surface area (Å²) < 4.78 is 40.5. The zero-order chi connectivity index (χ0) is 20.4. The molecule has 0 atom stereocenters. The lowest BCUT2D eigenvalue weighted by Crippen LogP contribution is -2.13. The second-order valence-electron chi connectivity index (χ2n) is 6.30. The van der Waals surface area contributed by atoms with Crippen LogP contribution in [-0.4, -0.2) is 32.0 Å². The second kappa shape index (κ2) is 7.48. The van der Waals surface area contributed by atoms with Gasteiger partial charge in [0.1, 0.15) is 5.65 Å². The molecule has 0 radical (unpaired) electrons. The molecule has 2 heterocycles. The van der Waals surface area contributed by atoms with Gasteiger partial charge in [-0.3, -0.25) is 4.72 Å². The van der Waals surface area contributed by atoms with Gasteiger partial charge in [-0.15, -0.1) is 0 Å². The third kappa shape index (κ3) is 3.74. The Hall–Kier alpha value is -3.52. The topological polar surface area (TPSA) is 81.9 Å². The first-order valence-corrected chi connectivity index (χ1v) is 10.3. The summed E-state index contributed by atoms with van der Waals surface area (Å²) in [5.74, 6) is 0.800. The quantitative estimate of drug-likeness (QED) is 0.524. The number of nitrogens with one attached hydrogen (secondary N) is 1. The Morgan fingerprint density at radius 1 is 0.931 bits per heavy atom. The molecule has 0 fully saturated rings. The van der Waals surface area contributed by atoms with Gasteiger partial charge >= 0.3 is 0 Å². The molecule has 2 aromatic carbocycles. The summed E-state index contributed by atoms with van der Waals surface area (Å²) in [7, 11) is -0.852. The Balaban J connectivity index is 1.65. The van der Waals surface area contributed by atoms with E-state index >= 15 is 0 Å². The summed E-state index contributed by atoms with van der Waals surface area (Å²) in [6.07, 6.45) is 3.81. The number of ether oxygens (including phenoxy) is 2. The van der Waals surface area contributed by atoms with Crippen molar-refractivity contribution in [1.29, 1.82) is 0 Å². The highest BCUT2D eigenvalue weighted by atomic mass is 32.2. The predicted molar refractivity (Wildman–Crippen MR) is 111 cm³/mol. The minimum Gasteiger partial charge on any atom is -0.493 e. The molecule has 1 N–H and O–H groups in total. The van der Waals surface area contributed by atoms with Crippen LogP contribution in [0.4, 0.5) is 5.69 Å². The fourth-order valence-electron chi connectivity index (χ4n) is 3.01. The van der Waals surface area contributed by atoms with Crippen molar-refractivity contribution in [2.45, 2.75) is 4.90 Å². The minimum absolute atomic E-state index is 0.0771. The average molecular weight is 409 g/mol. The molecule has 0 aliphatic carbocycles. The Kier molecular flexibility index (Phi) is 4.85. The molecule has 0 amide bonds. The van der Waals surface area contributed by atoms with Crippen molar-refractivity contribution in [3.8, 4) is 22.8 Å². The number of aromatic nitrogens is 2. The maximum atomic E-state index is 12.8. The third-order valence-electron chi connectivity index (χ3n) is 4.44. The average Bonchev–Trinajstić information content (AvgIpc) is 3.17. The van der Waals surface area contributed by atoms with Crippen LogP contribution in [0.5, 0.6) is 11.5 Å². The smallest absolute Gasteiger partial charge is 0.262 e. The third-order valence-corrected chi connectivity index (χ3v) is 5.82. The molecule has 0 aliphatic rings. The lowest BCUT2D eigenvalue weighted by molar-refractivity contribution is 0.354. The van der Waals surface area contributed by atoms with Crippen LogP contribution in [0.15, 0.2) is 78.0 Å². The van der Waals surface area contributed by atoms with Crippen LogP contribution in [0.1, 0.15) is 0 Å². The van der Waals surface area contributed by atoms with E-state index in [4.69, 9.17) is 9.47 Å². The van der Waals surface area contributed by atoms with E-state index < -0.39 is 10.0 Å². The normalized spacial score (nSPS) is 11.4. The fourth-order valence-corrected chi connectivity index (χ4v) is 4.08. The zero-order valence-corrected chi connectivity index (χ0v) is 16.7. The molecule has 0 bridgehead atoms. The first-order chi connectivity index (χ1) is 14.0. The lowest BCUT2D eigenvalue weighted by Gasteiger charge is -2.12. The molecule has 0 spiro atoms. The molecule has 0 aliphatic heterocycles. The molecule has 7 nitrogen and oxygen atoms in total. The lowest BCUT2D eigenvalue weighted by atomic mass is 10.1. The van der Waals surface area contributed by atoms with Gasteiger partial charge in [0.05, 0.1) is 24.8 Å². The van der Waals surface area contributed by atoms with Crippen molar-refractivity contribution in [2.75, 3.05) is 18.9 Å². The first-order valence-electron chi connectivity index (χ1n) is 8.79. The number of methoxy groups -OCH3 is 2. The number of hydrogen-bond donors (Lipinski definition) is 1. The highest BCUT2D eigenvalue weighted by Gasteiger charge is 2.17. The van der Waals surface area contributed by atoms with Crippen LogP contribution < -0.4 is 14.2 Å². The molecule has 4 aromatic rings. The van der Waals surface area contributed by atoms with Crippen LogP contribution in [-0.2, 0) is 10.0 Å². The van der Waals surface area contributed by atoms with Crippen LogP contribution in [0, 0.1) is 0 Å². The predicted octanol–water partition coefficient (Wildman–Crippen LogP) is 3.82. The molecular weight excluding hydrogens is 390 g/mol. The van der Waals surface area contributed by atoms with E-state index in [1.54, 1.807) is 24.3 Å². The number of rotatable bonds is 6. The molecule has 0 saturated carbocycles. The van der Waals surface area contributed by atoms with Gasteiger partial charge in [-0.1, -0.05) is 18.2 Å². The van der Waals surface area contributed by atoms with Crippen LogP contribution in [0.2, 0.25) is 0 Å². The Morgan fingerprint density at radius 2 is 1.76 bits per heavy atom. The molecule has 148 valence electrons. The summed E-state index contributed by atoms with van der Waals surface area (Å²) in [5, 5.41) is 0.